The number of fused-ring (bicyclic) bond motifs is 1. The van der Waals surface area contributed by atoms with Crippen LogP contribution >= 0.6 is 0 Å². The summed E-state index contributed by atoms with van der Waals surface area (Å²) in [6, 6.07) is 4.75. The molecule has 0 saturated carbocycles. The lowest BCUT2D eigenvalue weighted by atomic mass is 9.99. The van der Waals surface area contributed by atoms with E-state index in [0.717, 1.165) is 65.2 Å². The van der Waals surface area contributed by atoms with Gasteiger partial charge in [0.15, 0.2) is 0 Å². The first-order valence-electron chi connectivity index (χ1n) is 9.82. The molecule has 3 saturated heterocycles. The molecule has 0 N–H and O–H groups in total. The third kappa shape index (κ3) is 4.59. The molecule has 25 heavy (non-hydrogen) atoms. The van der Waals surface area contributed by atoms with Crippen molar-refractivity contribution >= 4 is 0 Å². The Kier molecular flexibility index (Phi) is 5.98. The van der Waals surface area contributed by atoms with Crippen molar-refractivity contribution in [1.82, 2.24) is 9.88 Å². The standard InChI is InChI=1S/C20H30N2O3/c1-2-17(12-21-8-1)13-22-9-5-20-19(22)4-3-18(25-20)15-24-14-16-6-10-23-11-7-16/h1-2,8,12,16,18-20H,3-7,9-11,13-15H2/t18-,19-,20-/m1/s1. The van der Waals surface area contributed by atoms with E-state index in [1.807, 2.05) is 18.5 Å². The summed E-state index contributed by atoms with van der Waals surface area (Å²) in [7, 11) is 0. The van der Waals surface area contributed by atoms with Crippen molar-refractivity contribution in [2.45, 2.75) is 56.9 Å². The zero-order valence-electron chi connectivity index (χ0n) is 15.0. The molecule has 0 radical (unpaired) electrons. The average molecular weight is 346 g/mol. The second kappa shape index (κ2) is 8.58. The predicted molar refractivity (Wildman–Crippen MR) is 95.3 cm³/mol. The Morgan fingerprint density at radius 2 is 2.04 bits per heavy atom. The second-order valence-corrected chi connectivity index (χ2v) is 7.65. The molecular formula is C20H30N2O3. The van der Waals surface area contributed by atoms with Crippen LogP contribution in [0.15, 0.2) is 24.5 Å². The summed E-state index contributed by atoms with van der Waals surface area (Å²) in [6.45, 7) is 5.52. The molecule has 0 bridgehead atoms. The summed E-state index contributed by atoms with van der Waals surface area (Å²) in [5.74, 6) is 0.673. The lowest BCUT2D eigenvalue weighted by Crippen LogP contribution is -2.43. The van der Waals surface area contributed by atoms with Gasteiger partial charge in [0, 0.05) is 51.3 Å². The molecule has 0 spiro atoms. The van der Waals surface area contributed by atoms with Crippen LogP contribution in [-0.2, 0) is 20.8 Å². The quantitative estimate of drug-likeness (QED) is 0.792. The van der Waals surface area contributed by atoms with Crippen molar-refractivity contribution in [1.29, 1.82) is 0 Å². The summed E-state index contributed by atoms with van der Waals surface area (Å²) < 4.78 is 17.7. The van der Waals surface area contributed by atoms with Gasteiger partial charge in [-0.2, -0.15) is 0 Å². The molecule has 1 aromatic rings. The normalized spacial score (nSPS) is 31.1. The van der Waals surface area contributed by atoms with Crippen LogP contribution < -0.4 is 0 Å². The van der Waals surface area contributed by atoms with E-state index >= 15 is 0 Å². The first kappa shape index (κ1) is 17.4. The van der Waals surface area contributed by atoms with Gasteiger partial charge in [-0.3, -0.25) is 9.88 Å². The van der Waals surface area contributed by atoms with E-state index in [4.69, 9.17) is 14.2 Å². The monoisotopic (exact) mass is 346 g/mol. The summed E-state index contributed by atoms with van der Waals surface area (Å²) in [5, 5.41) is 0. The van der Waals surface area contributed by atoms with Crippen LogP contribution in [0.4, 0.5) is 0 Å². The van der Waals surface area contributed by atoms with Gasteiger partial charge in [-0.05, 0) is 49.7 Å². The van der Waals surface area contributed by atoms with Crippen molar-refractivity contribution in [2.24, 2.45) is 5.92 Å². The molecule has 3 atom stereocenters. The zero-order chi connectivity index (χ0) is 16.9. The minimum atomic E-state index is 0.277. The van der Waals surface area contributed by atoms with Gasteiger partial charge in [-0.25, -0.2) is 0 Å². The molecule has 4 rings (SSSR count). The van der Waals surface area contributed by atoms with E-state index in [1.54, 1.807) is 0 Å². The molecule has 3 aliphatic heterocycles. The molecule has 3 aliphatic rings. The van der Waals surface area contributed by atoms with Crippen LogP contribution in [0.1, 0.15) is 37.7 Å². The SMILES string of the molecule is c1cncc(CN2CC[C@H]3O[C@@H](COCC4CCOCC4)CC[C@H]32)c1. The molecule has 0 aliphatic carbocycles. The van der Waals surface area contributed by atoms with Crippen molar-refractivity contribution in [2.75, 3.05) is 33.0 Å². The Balaban J connectivity index is 1.20. The van der Waals surface area contributed by atoms with Crippen molar-refractivity contribution < 1.29 is 14.2 Å². The minimum absolute atomic E-state index is 0.277. The van der Waals surface area contributed by atoms with E-state index in [0.29, 0.717) is 18.1 Å². The highest BCUT2D eigenvalue weighted by Crippen LogP contribution is 2.32. The van der Waals surface area contributed by atoms with Crippen LogP contribution in [-0.4, -0.2) is 61.1 Å². The molecule has 3 fully saturated rings. The van der Waals surface area contributed by atoms with Gasteiger partial charge in [0.25, 0.3) is 0 Å². The van der Waals surface area contributed by atoms with Crippen molar-refractivity contribution in [3.8, 4) is 0 Å². The zero-order valence-corrected chi connectivity index (χ0v) is 15.0. The van der Waals surface area contributed by atoms with Crippen molar-refractivity contribution in [3.63, 3.8) is 0 Å². The molecule has 0 aromatic carbocycles. The van der Waals surface area contributed by atoms with Gasteiger partial charge in [0.2, 0.25) is 0 Å². The van der Waals surface area contributed by atoms with Gasteiger partial charge in [-0.15, -0.1) is 0 Å². The number of pyridine rings is 1. The highest BCUT2D eigenvalue weighted by atomic mass is 16.5. The second-order valence-electron chi connectivity index (χ2n) is 7.65. The van der Waals surface area contributed by atoms with E-state index < -0.39 is 0 Å². The molecule has 4 heterocycles. The molecule has 0 amide bonds. The van der Waals surface area contributed by atoms with Crippen LogP contribution in [0.2, 0.25) is 0 Å². The molecule has 5 nitrogen and oxygen atoms in total. The summed E-state index contributed by atoms with van der Waals surface area (Å²) >= 11 is 0. The summed E-state index contributed by atoms with van der Waals surface area (Å²) in [4.78, 5) is 6.80. The molecule has 5 heteroatoms. The maximum absolute atomic E-state index is 6.36. The third-order valence-electron chi connectivity index (χ3n) is 5.86. The number of ether oxygens (including phenoxy) is 3. The Labute approximate surface area is 150 Å². The number of likely N-dealkylation sites (tertiary alicyclic amines) is 1. The Morgan fingerprint density at radius 3 is 2.88 bits per heavy atom. The fourth-order valence-electron chi connectivity index (χ4n) is 4.41. The highest BCUT2D eigenvalue weighted by molar-refractivity contribution is 5.09. The van der Waals surface area contributed by atoms with Gasteiger partial charge in [-0.1, -0.05) is 6.07 Å². The average Bonchev–Trinajstić information content (AvgIpc) is 3.06. The lowest BCUT2D eigenvalue weighted by Gasteiger charge is -2.36. The topological polar surface area (TPSA) is 43.8 Å². The largest absolute Gasteiger partial charge is 0.381 e. The smallest absolute Gasteiger partial charge is 0.0813 e. The molecule has 1 aromatic heterocycles. The number of nitrogens with zero attached hydrogens (tertiary/aromatic N) is 2. The maximum Gasteiger partial charge on any atom is 0.0813 e. The molecular weight excluding hydrogens is 316 g/mol. The predicted octanol–water partition coefficient (Wildman–Crippen LogP) is 2.65. The first-order chi connectivity index (χ1) is 12.4. The highest BCUT2D eigenvalue weighted by Gasteiger charge is 2.39. The van der Waals surface area contributed by atoms with Crippen LogP contribution in [0.3, 0.4) is 0 Å². The van der Waals surface area contributed by atoms with Crippen LogP contribution in [0.25, 0.3) is 0 Å². The fraction of sp³-hybridized carbons (Fsp3) is 0.750. The Bertz CT molecular complexity index is 521. The van der Waals surface area contributed by atoms with Crippen LogP contribution in [0, 0.1) is 5.92 Å². The Hall–Kier alpha value is -1.01. The van der Waals surface area contributed by atoms with Gasteiger partial charge in [0.1, 0.15) is 0 Å². The number of aromatic nitrogens is 1. The van der Waals surface area contributed by atoms with Gasteiger partial charge in [0.05, 0.1) is 18.8 Å². The first-order valence-corrected chi connectivity index (χ1v) is 9.82. The van der Waals surface area contributed by atoms with E-state index in [-0.39, 0.29) is 6.10 Å². The van der Waals surface area contributed by atoms with E-state index in [2.05, 4.69) is 16.0 Å². The number of hydrogen-bond donors (Lipinski definition) is 0. The van der Waals surface area contributed by atoms with Gasteiger partial charge < -0.3 is 14.2 Å². The summed E-state index contributed by atoms with van der Waals surface area (Å²) in [6.07, 6.45) is 10.2. The minimum Gasteiger partial charge on any atom is -0.381 e. The number of hydrogen-bond acceptors (Lipinski definition) is 5. The van der Waals surface area contributed by atoms with Crippen LogP contribution in [0.5, 0.6) is 0 Å². The molecule has 0 unspecified atom stereocenters. The fourth-order valence-corrected chi connectivity index (χ4v) is 4.41. The Morgan fingerprint density at radius 1 is 1.12 bits per heavy atom. The van der Waals surface area contributed by atoms with E-state index in [1.165, 1.54) is 12.0 Å². The summed E-state index contributed by atoms with van der Waals surface area (Å²) in [5.41, 5.74) is 1.30. The maximum atomic E-state index is 6.36. The van der Waals surface area contributed by atoms with Gasteiger partial charge >= 0.3 is 0 Å². The van der Waals surface area contributed by atoms with E-state index in [9.17, 15) is 0 Å². The lowest BCUT2D eigenvalue weighted by molar-refractivity contribution is -0.105. The molecule has 138 valence electrons. The number of rotatable bonds is 6. The van der Waals surface area contributed by atoms with Crippen molar-refractivity contribution in [3.05, 3.63) is 30.1 Å². The third-order valence-corrected chi connectivity index (χ3v) is 5.86.